The fourth-order valence-corrected chi connectivity index (χ4v) is 3.45. The van der Waals surface area contributed by atoms with Crippen LogP contribution in [0.15, 0.2) is 24.3 Å². The second kappa shape index (κ2) is 4.86. The maximum Gasteiger partial charge on any atom is 0.121 e. The van der Waals surface area contributed by atoms with Crippen molar-refractivity contribution < 1.29 is 0 Å². The predicted molar refractivity (Wildman–Crippen MR) is 80.5 cm³/mol. The molecule has 20 heavy (non-hydrogen) atoms. The quantitative estimate of drug-likeness (QED) is 0.896. The van der Waals surface area contributed by atoms with Gasteiger partial charge in [-0.05, 0) is 38.3 Å². The molecule has 1 aromatic carbocycles. The van der Waals surface area contributed by atoms with Crippen LogP contribution in [-0.2, 0) is 6.54 Å². The van der Waals surface area contributed by atoms with Gasteiger partial charge in [0.05, 0.1) is 17.6 Å². The van der Waals surface area contributed by atoms with Crippen molar-refractivity contribution in [3.8, 4) is 0 Å². The van der Waals surface area contributed by atoms with Crippen molar-refractivity contribution in [2.45, 2.75) is 50.9 Å². The average molecular weight is 270 g/mol. The van der Waals surface area contributed by atoms with Crippen molar-refractivity contribution in [1.29, 1.82) is 0 Å². The monoisotopic (exact) mass is 270 g/mol. The molecule has 2 aromatic rings. The zero-order valence-electron chi connectivity index (χ0n) is 12.0. The molecule has 1 saturated heterocycles. The third-order valence-electron chi connectivity index (χ3n) is 4.64. The van der Waals surface area contributed by atoms with Gasteiger partial charge in [-0.3, -0.25) is 4.90 Å². The third kappa shape index (κ3) is 2.34. The van der Waals surface area contributed by atoms with Gasteiger partial charge in [-0.1, -0.05) is 12.1 Å². The van der Waals surface area contributed by atoms with E-state index >= 15 is 0 Å². The number of likely N-dealkylation sites (tertiary alicyclic amines) is 1. The number of aromatic amines is 1. The fraction of sp³-hybridized carbons (Fsp3) is 0.562. The molecule has 2 fully saturated rings. The first-order chi connectivity index (χ1) is 9.79. The van der Waals surface area contributed by atoms with Gasteiger partial charge < -0.3 is 10.3 Å². The summed E-state index contributed by atoms with van der Waals surface area (Å²) in [6.45, 7) is 4.40. The van der Waals surface area contributed by atoms with Gasteiger partial charge in [0.15, 0.2) is 0 Å². The fourth-order valence-electron chi connectivity index (χ4n) is 3.45. The van der Waals surface area contributed by atoms with Crippen molar-refractivity contribution >= 4 is 11.0 Å². The molecular weight excluding hydrogens is 248 g/mol. The summed E-state index contributed by atoms with van der Waals surface area (Å²) in [6.07, 6.45) is 4.07. The summed E-state index contributed by atoms with van der Waals surface area (Å²) in [5.41, 5.74) is 2.19. The Labute approximate surface area is 119 Å². The Morgan fingerprint density at radius 3 is 3.00 bits per heavy atom. The predicted octanol–water partition coefficient (Wildman–Crippen LogP) is 2.28. The molecule has 0 radical (unpaired) electrons. The summed E-state index contributed by atoms with van der Waals surface area (Å²) < 4.78 is 0. The Hall–Kier alpha value is -1.39. The number of nitrogens with zero attached hydrogens (tertiary/aromatic N) is 2. The topological polar surface area (TPSA) is 44.0 Å². The SMILES string of the molecule is CC1CC(NCc2nc3ccccc3[nH]2)CN1C1CC1. The van der Waals surface area contributed by atoms with E-state index in [-0.39, 0.29) is 0 Å². The first-order valence-corrected chi connectivity index (χ1v) is 7.72. The largest absolute Gasteiger partial charge is 0.341 e. The third-order valence-corrected chi connectivity index (χ3v) is 4.64. The van der Waals surface area contributed by atoms with Gasteiger partial charge in [0.25, 0.3) is 0 Å². The number of aromatic nitrogens is 2. The van der Waals surface area contributed by atoms with Crippen LogP contribution in [-0.4, -0.2) is 39.5 Å². The Balaban J connectivity index is 1.38. The number of benzene rings is 1. The summed E-state index contributed by atoms with van der Waals surface area (Å²) in [5, 5.41) is 3.67. The van der Waals surface area contributed by atoms with Gasteiger partial charge in [0.1, 0.15) is 5.82 Å². The number of rotatable bonds is 4. The maximum absolute atomic E-state index is 4.63. The van der Waals surface area contributed by atoms with Crippen LogP contribution in [0.5, 0.6) is 0 Å². The van der Waals surface area contributed by atoms with E-state index in [0.29, 0.717) is 6.04 Å². The standard InChI is InChI=1S/C16H22N4/c1-11-8-12(10-20(11)13-6-7-13)17-9-16-18-14-4-2-3-5-15(14)19-16/h2-5,11-13,17H,6-10H2,1H3,(H,18,19). The molecule has 2 heterocycles. The molecule has 0 spiro atoms. The number of hydrogen-bond donors (Lipinski definition) is 2. The molecule has 106 valence electrons. The van der Waals surface area contributed by atoms with E-state index in [1.165, 1.54) is 25.8 Å². The summed E-state index contributed by atoms with van der Waals surface area (Å²) in [6, 6.07) is 10.4. The van der Waals surface area contributed by atoms with E-state index in [2.05, 4.69) is 39.2 Å². The van der Waals surface area contributed by atoms with Crippen molar-refractivity contribution in [2.75, 3.05) is 6.54 Å². The molecule has 0 bridgehead atoms. The molecule has 1 aliphatic carbocycles. The highest BCUT2D eigenvalue weighted by molar-refractivity contribution is 5.74. The number of imidazole rings is 1. The minimum Gasteiger partial charge on any atom is -0.341 e. The Morgan fingerprint density at radius 2 is 2.20 bits per heavy atom. The van der Waals surface area contributed by atoms with Gasteiger partial charge in [0.2, 0.25) is 0 Å². The molecule has 4 rings (SSSR count). The second-order valence-electron chi connectivity index (χ2n) is 6.29. The lowest BCUT2D eigenvalue weighted by atomic mass is 10.2. The van der Waals surface area contributed by atoms with Crippen LogP contribution < -0.4 is 5.32 Å². The molecule has 2 aliphatic rings. The van der Waals surface area contributed by atoms with Crippen molar-refractivity contribution in [2.24, 2.45) is 0 Å². The number of H-pyrrole nitrogens is 1. The van der Waals surface area contributed by atoms with Crippen molar-refractivity contribution in [3.05, 3.63) is 30.1 Å². The van der Waals surface area contributed by atoms with E-state index in [0.717, 1.165) is 35.5 Å². The lowest BCUT2D eigenvalue weighted by Crippen LogP contribution is -2.34. The number of fused-ring (bicyclic) bond motifs is 1. The summed E-state index contributed by atoms with van der Waals surface area (Å²) >= 11 is 0. The van der Waals surface area contributed by atoms with Crippen molar-refractivity contribution in [1.82, 2.24) is 20.2 Å². The maximum atomic E-state index is 4.63. The summed E-state index contributed by atoms with van der Waals surface area (Å²) in [5.74, 6) is 1.05. The van der Waals surface area contributed by atoms with Crippen LogP contribution in [0.1, 0.15) is 32.0 Å². The highest BCUT2D eigenvalue weighted by Gasteiger charge is 2.38. The molecule has 1 aliphatic heterocycles. The highest BCUT2D eigenvalue weighted by atomic mass is 15.3. The molecule has 2 unspecified atom stereocenters. The zero-order chi connectivity index (χ0) is 13.5. The molecule has 4 nitrogen and oxygen atoms in total. The minimum absolute atomic E-state index is 0.610. The minimum atomic E-state index is 0.610. The van der Waals surface area contributed by atoms with E-state index < -0.39 is 0 Å². The van der Waals surface area contributed by atoms with Crippen LogP contribution in [0.2, 0.25) is 0 Å². The van der Waals surface area contributed by atoms with E-state index in [1.807, 2.05) is 12.1 Å². The van der Waals surface area contributed by atoms with Gasteiger partial charge >= 0.3 is 0 Å². The molecule has 2 N–H and O–H groups in total. The normalized spacial score (nSPS) is 27.4. The molecule has 4 heteroatoms. The molecule has 0 amide bonds. The lowest BCUT2D eigenvalue weighted by molar-refractivity contribution is 0.255. The van der Waals surface area contributed by atoms with Gasteiger partial charge in [-0.2, -0.15) is 0 Å². The molecule has 1 aromatic heterocycles. The Kier molecular flexibility index (Phi) is 3.00. The van der Waals surface area contributed by atoms with Crippen LogP contribution in [0.25, 0.3) is 11.0 Å². The van der Waals surface area contributed by atoms with E-state index in [1.54, 1.807) is 0 Å². The lowest BCUT2D eigenvalue weighted by Gasteiger charge is -2.19. The summed E-state index contributed by atoms with van der Waals surface area (Å²) in [4.78, 5) is 10.7. The van der Waals surface area contributed by atoms with Gasteiger partial charge in [-0.25, -0.2) is 4.98 Å². The number of nitrogens with one attached hydrogen (secondary N) is 2. The van der Waals surface area contributed by atoms with Crippen LogP contribution in [0.3, 0.4) is 0 Å². The van der Waals surface area contributed by atoms with E-state index in [4.69, 9.17) is 0 Å². The first kappa shape index (κ1) is 12.4. The molecular formula is C16H22N4. The Morgan fingerprint density at radius 1 is 1.35 bits per heavy atom. The van der Waals surface area contributed by atoms with Crippen LogP contribution in [0, 0.1) is 0 Å². The highest BCUT2D eigenvalue weighted by Crippen LogP contribution is 2.33. The van der Waals surface area contributed by atoms with Gasteiger partial charge in [-0.15, -0.1) is 0 Å². The zero-order valence-corrected chi connectivity index (χ0v) is 12.0. The molecule has 1 saturated carbocycles. The number of hydrogen-bond acceptors (Lipinski definition) is 3. The second-order valence-corrected chi connectivity index (χ2v) is 6.29. The van der Waals surface area contributed by atoms with Crippen LogP contribution in [0.4, 0.5) is 0 Å². The van der Waals surface area contributed by atoms with Gasteiger partial charge in [0, 0.05) is 24.7 Å². The average Bonchev–Trinajstić information content (AvgIpc) is 3.09. The van der Waals surface area contributed by atoms with E-state index in [9.17, 15) is 0 Å². The number of para-hydroxylation sites is 2. The molecule has 2 atom stereocenters. The first-order valence-electron chi connectivity index (χ1n) is 7.72. The smallest absolute Gasteiger partial charge is 0.121 e. The van der Waals surface area contributed by atoms with Crippen molar-refractivity contribution in [3.63, 3.8) is 0 Å². The van der Waals surface area contributed by atoms with Crippen LogP contribution >= 0.6 is 0 Å². The summed E-state index contributed by atoms with van der Waals surface area (Å²) in [7, 11) is 0. The Bertz CT molecular complexity index is 568.